The number of rotatable bonds is 2. The Bertz CT molecular complexity index is 293. The van der Waals surface area contributed by atoms with E-state index in [1.165, 1.54) is 13.4 Å². The number of aromatic nitrogens is 2. The highest BCUT2D eigenvalue weighted by molar-refractivity contribution is 5.93. The van der Waals surface area contributed by atoms with E-state index < -0.39 is 6.03 Å². The van der Waals surface area contributed by atoms with Crippen molar-refractivity contribution in [3.05, 3.63) is 18.7 Å². The number of amides is 3. The van der Waals surface area contributed by atoms with E-state index in [-0.39, 0.29) is 12.5 Å². The summed E-state index contributed by atoms with van der Waals surface area (Å²) in [6.07, 6.45) is 4.71. The van der Waals surface area contributed by atoms with Crippen molar-refractivity contribution in [1.29, 1.82) is 0 Å². The Balaban J connectivity index is 2.38. The smallest absolute Gasteiger partial charge is 0.321 e. The van der Waals surface area contributed by atoms with E-state index in [2.05, 4.69) is 15.6 Å². The molecule has 0 aromatic carbocycles. The van der Waals surface area contributed by atoms with E-state index >= 15 is 0 Å². The van der Waals surface area contributed by atoms with Crippen molar-refractivity contribution < 1.29 is 9.59 Å². The molecule has 1 aromatic rings. The number of nitrogens with zero attached hydrogens (tertiary/aromatic N) is 2. The molecule has 0 bridgehead atoms. The molecule has 1 aromatic heterocycles. The van der Waals surface area contributed by atoms with E-state index in [1.807, 2.05) is 0 Å². The highest BCUT2D eigenvalue weighted by Crippen LogP contribution is 1.84. The number of carbonyl (C=O) groups is 2. The number of imide groups is 1. The summed E-state index contributed by atoms with van der Waals surface area (Å²) in [5.74, 6) is -0.377. The molecule has 0 aliphatic carbocycles. The van der Waals surface area contributed by atoms with Crippen molar-refractivity contribution in [3.63, 3.8) is 0 Å². The summed E-state index contributed by atoms with van der Waals surface area (Å²) in [4.78, 5) is 25.5. The monoisotopic (exact) mass is 182 g/mol. The SMILES string of the molecule is CNC(=O)NC(=O)Cn1ccnc1. The van der Waals surface area contributed by atoms with E-state index in [4.69, 9.17) is 0 Å². The summed E-state index contributed by atoms with van der Waals surface area (Å²) in [5, 5.41) is 4.41. The molecule has 1 heterocycles. The van der Waals surface area contributed by atoms with Crippen LogP contribution in [0.1, 0.15) is 0 Å². The van der Waals surface area contributed by atoms with Gasteiger partial charge in [0.1, 0.15) is 6.54 Å². The lowest BCUT2D eigenvalue weighted by atomic mass is 10.5. The summed E-state index contributed by atoms with van der Waals surface area (Å²) < 4.78 is 1.57. The summed E-state index contributed by atoms with van der Waals surface area (Å²) in [6, 6.07) is -0.509. The molecular formula is C7H10N4O2. The molecule has 2 N–H and O–H groups in total. The largest absolute Gasteiger partial charge is 0.341 e. The van der Waals surface area contributed by atoms with Crippen LogP contribution < -0.4 is 10.6 Å². The number of nitrogens with one attached hydrogen (secondary N) is 2. The number of hydrogen-bond acceptors (Lipinski definition) is 3. The molecule has 0 saturated heterocycles. The molecule has 0 unspecified atom stereocenters. The van der Waals surface area contributed by atoms with Crippen LogP contribution in [0.15, 0.2) is 18.7 Å². The molecule has 0 saturated carbocycles. The molecule has 70 valence electrons. The van der Waals surface area contributed by atoms with Gasteiger partial charge in [-0.25, -0.2) is 9.78 Å². The summed E-state index contributed by atoms with van der Waals surface area (Å²) in [6.45, 7) is 0.0907. The van der Waals surface area contributed by atoms with E-state index in [9.17, 15) is 9.59 Å². The molecular weight excluding hydrogens is 172 g/mol. The lowest BCUT2D eigenvalue weighted by Crippen LogP contribution is -2.39. The molecule has 0 spiro atoms. The van der Waals surface area contributed by atoms with Gasteiger partial charge in [0.05, 0.1) is 6.33 Å². The number of urea groups is 1. The van der Waals surface area contributed by atoms with Gasteiger partial charge < -0.3 is 9.88 Å². The van der Waals surface area contributed by atoms with E-state index in [0.29, 0.717) is 0 Å². The zero-order chi connectivity index (χ0) is 9.68. The van der Waals surface area contributed by atoms with Gasteiger partial charge in [-0.15, -0.1) is 0 Å². The fraction of sp³-hybridized carbons (Fsp3) is 0.286. The summed E-state index contributed by atoms with van der Waals surface area (Å²) in [5.41, 5.74) is 0. The minimum Gasteiger partial charge on any atom is -0.341 e. The number of carbonyl (C=O) groups excluding carboxylic acids is 2. The molecule has 0 aliphatic rings. The second-order valence-electron chi connectivity index (χ2n) is 2.36. The van der Waals surface area contributed by atoms with Crippen LogP contribution in [0.4, 0.5) is 4.79 Å². The van der Waals surface area contributed by atoms with Crippen LogP contribution in [-0.2, 0) is 11.3 Å². The third-order valence-electron chi connectivity index (χ3n) is 1.37. The van der Waals surface area contributed by atoms with Crippen molar-refractivity contribution in [2.45, 2.75) is 6.54 Å². The minimum absolute atomic E-state index is 0.0907. The molecule has 1 rings (SSSR count). The lowest BCUT2D eigenvalue weighted by molar-refractivity contribution is -0.120. The fourth-order valence-electron chi connectivity index (χ4n) is 0.775. The zero-order valence-electron chi connectivity index (χ0n) is 7.15. The van der Waals surface area contributed by atoms with Crippen LogP contribution in [0.3, 0.4) is 0 Å². The second kappa shape index (κ2) is 4.24. The molecule has 0 radical (unpaired) electrons. The van der Waals surface area contributed by atoms with Gasteiger partial charge in [-0.1, -0.05) is 0 Å². The Kier molecular flexibility index (Phi) is 3.02. The zero-order valence-corrected chi connectivity index (χ0v) is 7.15. The standard InChI is InChI=1S/C7H10N4O2/c1-8-7(13)10-6(12)4-11-3-2-9-5-11/h2-3,5H,4H2,1H3,(H2,8,10,12,13). The number of imidazole rings is 1. The molecule has 13 heavy (non-hydrogen) atoms. The Morgan fingerprint density at radius 3 is 2.85 bits per heavy atom. The quantitative estimate of drug-likeness (QED) is 0.637. The Labute approximate surface area is 75.0 Å². The van der Waals surface area contributed by atoms with Crippen LogP contribution in [0, 0.1) is 0 Å². The van der Waals surface area contributed by atoms with Gasteiger partial charge in [0.15, 0.2) is 0 Å². The van der Waals surface area contributed by atoms with Crippen LogP contribution >= 0.6 is 0 Å². The Morgan fingerprint density at radius 1 is 1.54 bits per heavy atom. The maximum absolute atomic E-state index is 11.1. The lowest BCUT2D eigenvalue weighted by Gasteiger charge is -2.02. The van der Waals surface area contributed by atoms with Crippen LogP contribution in [0.5, 0.6) is 0 Å². The van der Waals surface area contributed by atoms with Gasteiger partial charge >= 0.3 is 6.03 Å². The van der Waals surface area contributed by atoms with Gasteiger partial charge in [-0.05, 0) is 0 Å². The van der Waals surface area contributed by atoms with Crippen molar-refractivity contribution in [1.82, 2.24) is 20.2 Å². The first-order valence-corrected chi connectivity index (χ1v) is 3.69. The van der Waals surface area contributed by atoms with Gasteiger partial charge in [-0.2, -0.15) is 0 Å². The fourth-order valence-corrected chi connectivity index (χ4v) is 0.775. The summed E-state index contributed by atoms with van der Waals surface area (Å²) in [7, 11) is 1.44. The van der Waals surface area contributed by atoms with Gasteiger partial charge in [0, 0.05) is 19.4 Å². The first-order chi connectivity index (χ1) is 6.22. The third kappa shape index (κ3) is 2.94. The minimum atomic E-state index is -0.509. The summed E-state index contributed by atoms with van der Waals surface area (Å²) >= 11 is 0. The Hall–Kier alpha value is -1.85. The molecule has 6 nitrogen and oxygen atoms in total. The average molecular weight is 182 g/mol. The predicted molar refractivity (Wildman–Crippen MR) is 44.8 cm³/mol. The first-order valence-electron chi connectivity index (χ1n) is 3.69. The van der Waals surface area contributed by atoms with Gasteiger partial charge in [0.25, 0.3) is 0 Å². The molecule has 3 amide bonds. The highest BCUT2D eigenvalue weighted by atomic mass is 16.2. The van der Waals surface area contributed by atoms with Crippen molar-refractivity contribution >= 4 is 11.9 Å². The van der Waals surface area contributed by atoms with Crippen LogP contribution in [-0.4, -0.2) is 28.5 Å². The first kappa shape index (κ1) is 9.24. The highest BCUT2D eigenvalue weighted by Gasteiger charge is 2.05. The van der Waals surface area contributed by atoms with Crippen LogP contribution in [0.2, 0.25) is 0 Å². The molecule has 6 heteroatoms. The van der Waals surface area contributed by atoms with Crippen molar-refractivity contribution in [3.8, 4) is 0 Å². The maximum atomic E-state index is 11.1. The maximum Gasteiger partial charge on any atom is 0.321 e. The third-order valence-corrected chi connectivity index (χ3v) is 1.37. The van der Waals surface area contributed by atoms with Gasteiger partial charge in [-0.3, -0.25) is 10.1 Å². The molecule has 0 aliphatic heterocycles. The van der Waals surface area contributed by atoms with Crippen LogP contribution in [0.25, 0.3) is 0 Å². The van der Waals surface area contributed by atoms with Gasteiger partial charge in [0.2, 0.25) is 5.91 Å². The molecule has 0 fully saturated rings. The molecule has 0 atom stereocenters. The van der Waals surface area contributed by atoms with E-state index in [0.717, 1.165) is 0 Å². The average Bonchev–Trinajstić information content (AvgIpc) is 2.56. The second-order valence-corrected chi connectivity index (χ2v) is 2.36. The normalized spacial score (nSPS) is 9.31. The van der Waals surface area contributed by atoms with Crippen molar-refractivity contribution in [2.24, 2.45) is 0 Å². The Morgan fingerprint density at radius 2 is 2.31 bits per heavy atom. The topological polar surface area (TPSA) is 76.0 Å². The van der Waals surface area contributed by atoms with E-state index in [1.54, 1.807) is 17.0 Å². The predicted octanol–water partition coefficient (Wildman–Crippen LogP) is -0.661. The number of hydrogen-bond donors (Lipinski definition) is 2. The van der Waals surface area contributed by atoms with Crippen molar-refractivity contribution in [2.75, 3.05) is 7.05 Å².